The summed E-state index contributed by atoms with van der Waals surface area (Å²) < 4.78 is 7.57. The van der Waals surface area contributed by atoms with Crippen LogP contribution in [0.25, 0.3) is 5.82 Å². The highest BCUT2D eigenvalue weighted by Gasteiger charge is 2.41. The third-order valence-electron chi connectivity index (χ3n) is 6.41. The Morgan fingerprint density at radius 3 is 2.12 bits per heavy atom. The highest BCUT2D eigenvalue weighted by molar-refractivity contribution is 6.90. The molecule has 5 heteroatoms. The molecule has 0 N–H and O–H groups in total. The quantitative estimate of drug-likeness (QED) is 0.305. The van der Waals surface area contributed by atoms with Crippen LogP contribution >= 0.6 is 0 Å². The molecule has 0 fully saturated rings. The first-order chi connectivity index (χ1) is 15.8. The first-order valence-electron chi connectivity index (χ1n) is 11.6. The minimum atomic E-state index is -1.98. The number of rotatable bonds is 7. The molecule has 0 saturated heterocycles. The minimum absolute atomic E-state index is 0.200. The van der Waals surface area contributed by atoms with Gasteiger partial charge in [0.25, 0.3) is 5.56 Å². The Labute approximate surface area is 198 Å². The Hall–Kier alpha value is -3.10. The normalized spacial score (nSPS) is 11.5. The molecule has 0 unspecified atom stereocenters. The zero-order chi connectivity index (χ0) is 24.0. The van der Waals surface area contributed by atoms with Gasteiger partial charge in [-0.1, -0.05) is 83.9 Å². The summed E-state index contributed by atoms with van der Waals surface area (Å²) in [4.78, 5) is 17.6. The van der Waals surface area contributed by atoms with E-state index >= 15 is 0 Å². The summed E-state index contributed by atoms with van der Waals surface area (Å²) in [6.07, 6.45) is 1.69. The van der Waals surface area contributed by atoms with Gasteiger partial charge in [0.15, 0.2) is 0 Å². The Morgan fingerprint density at radius 2 is 1.55 bits per heavy atom. The molecule has 3 aromatic rings. The molecule has 0 saturated carbocycles. The van der Waals surface area contributed by atoms with Crippen LogP contribution in [0.3, 0.4) is 0 Å². The smallest absolute Gasteiger partial charge is 0.260 e. The van der Waals surface area contributed by atoms with E-state index in [2.05, 4.69) is 58.0 Å². The highest BCUT2D eigenvalue weighted by Crippen LogP contribution is 2.40. The lowest BCUT2D eigenvalue weighted by atomic mass is 10.2. The number of aromatic nitrogens is 2. The molecular weight excluding hydrogens is 424 g/mol. The average molecular weight is 459 g/mol. The predicted octanol–water partition coefficient (Wildman–Crippen LogP) is 6.38. The fourth-order valence-corrected chi connectivity index (χ4v) is 10.0. The molecule has 1 aromatic carbocycles. The molecule has 33 heavy (non-hydrogen) atoms. The van der Waals surface area contributed by atoms with Gasteiger partial charge in [0.05, 0.1) is 0 Å². The fraction of sp³-hybridized carbons (Fsp3) is 0.357. The second-order valence-corrected chi connectivity index (χ2v) is 14.9. The van der Waals surface area contributed by atoms with Gasteiger partial charge in [0, 0.05) is 18.3 Å². The van der Waals surface area contributed by atoms with Crippen molar-refractivity contribution in [2.45, 2.75) is 64.8 Å². The van der Waals surface area contributed by atoms with Crippen molar-refractivity contribution in [2.75, 3.05) is 0 Å². The molecule has 2 heterocycles. The topological polar surface area (TPSA) is 44.1 Å². The van der Waals surface area contributed by atoms with E-state index < -0.39 is 8.07 Å². The first kappa shape index (κ1) is 24.5. The molecule has 3 rings (SSSR count). The van der Waals surface area contributed by atoms with Crippen molar-refractivity contribution in [1.82, 2.24) is 9.55 Å². The van der Waals surface area contributed by atoms with E-state index in [4.69, 9.17) is 4.74 Å². The van der Waals surface area contributed by atoms with Gasteiger partial charge in [-0.3, -0.25) is 9.36 Å². The Bertz CT molecular complexity index is 1150. The molecule has 0 amide bonds. The molecule has 2 aromatic heterocycles. The van der Waals surface area contributed by atoms with Gasteiger partial charge in [-0.2, -0.15) is 0 Å². The highest BCUT2D eigenvalue weighted by atomic mass is 28.3. The summed E-state index contributed by atoms with van der Waals surface area (Å²) in [6, 6.07) is 18.9. The van der Waals surface area contributed by atoms with E-state index in [0.29, 0.717) is 40.5 Å². The van der Waals surface area contributed by atoms with Gasteiger partial charge >= 0.3 is 0 Å². The Morgan fingerprint density at radius 1 is 0.909 bits per heavy atom. The van der Waals surface area contributed by atoms with Crippen LogP contribution in [0.1, 0.15) is 52.8 Å². The van der Waals surface area contributed by atoms with E-state index in [-0.39, 0.29) is 5.56 Å². The van der Waals surface area contributed by atoms with Crippen LogP contribution in [-0.4, -0.2) is 17.6 Å². The molecule has 4 nitrogen and oxygen atoms in total. The van der Waals surface area contributed by atoms with Crippen LogP contribution < -0.4 is 10.3 Å². The third kappa shape index (κ3) is 5.46. The summed E-state index contributed by atoms with van der Waals surface area (Å²) >= 11 is 0. The molecule has 0 atom stereocenters. The molecule has 0 bridgehead atoms. The van der Waals surface area contributed by atoms with Crippen LogP contribution in [0, 0.1) is 11.5 Å². The number of ether oxygens (including phenoxy) is 1. The van der Waals surface area contributed by atoms with Crippen molar-refractivity contribution in [3.63, 3.8) is 0 Å². The molecule has 0 spiro atoms. The summed E-state index contributed by atoms with van der Waals surface area (Å²) in [6.45, 7) is 14.1. The van der Waals surface area contributed by atoms with Crippen molar-refractivity contribution in [1.29, 1.82) is 0 Å². The predicted molar refractivity (Wildman–Crippen MR) is 139 cm³/mol. The van der Waals surface area contributed by atoms with Crippen molar-refractivity contribution in [2.24, 2.45) is 0 Å². The number of pyridine rings is 2. The van der Waals surface area contributed by atoms with E-state index in [1.165, 1.54) is 6.07 Å². The second-order valence-electron chi connectivity index (χ2n) is 9.36. The van der Waals surface area contributed by atoms with Crippen molar-refractivity contribution < 1.29 is 4.74 Å². The summed E-state index contributed by atoms with van der Waals surface area (Å²) in [5, 5.41) is 0. The van der Waals surface area contributed by atoms with Crippen LogP contribution in [-0.2, 0) is 6.61 Å². The standard InChI is InChI=1S/C28H34N2O2Si/c1-21(2)33(22(3)4,23(5)6)17-15-25-18-26(32-20-24-12-8-7-9-13-24)19-28(31)30(25)27-14-10-11-16-29-27/h7-14,16,18-19,21-23H,20H2,1-6H3. The second kappa shape index (κ2) is 10.7. The van der Waals surface area contributed by atoms with Gasteiger partial charge in [-0.25, -0.2) is 4.98 Å². The number of hydrogen-bond acceptors (Lipinski definition) is 3. The van der Waals surface area contributed by atoms with Crippen LogP contribution in [0.2, 0.25) is 16.6 Å². The number of hydrogen-bond donors (Lipinski definition) is 0. The first-order valence-corrected chi connectivity index (χ1v) is 13.9. The number of nitrogens with zero attached hydrogens (tertiary/aromatic N) is 2. The maximum Gasteiger partial charge on any atom is 0.260 e. The zero-order valence-corrected chi connectivity index (χ0v) is 21.5. The lowest BCUT2D eigenvalue weighted by molar-refractivity contribution is 0.305. The molecule has 0 aliphatic heterocycles. The number of benzene rings is 1. The van der Waals surface area contributed by atoms with Crippen molar-refractivity contribution in [3.8, 4) is 23.0 Å². The van der Waals surface area contributed by atoms with Crippen molar-refractivity contribution in [3.05, 3.63) is 88.5 Å². The summed E-state index contributed by atoms with van der Waals surface area (Å²) in [7, 11) is -1.98. The third-order valence-corrected chi connectivity index (χ3v) is 12.7. The van der Waals surface area contributed by atoms with Gasteiger partial charge < -0.3 is 4.74 Å². The van der Waals surface area contributed by atoms with E-state index in [9.17, 15) is 4.79 Å². The maximum atomic E-state index is 13.2. The van der Waals surface area contributed by atoms with Crippen LogP contribution in [0.15, 0.2) is 71.7 Å². The van der Waals surface area contributed by atoms with E-state index in [1.54, 1.807) is 10.8 Å². The van der Waals surface area contributed by atoms with Gasteiger partial charge in [0.1, 0.15) is 31.9 Å². The van der Waals surface area contributed by atoms with E-state index in [0.717, 1.165) is 5.56 Å². The molecular formula is C28H34N2O2Si. The fourth-order valence-electron chi connectivity index (χ4n) is 4.79. The largest absolute Gasteiger partial charge is 0.489 e. The average Bonchev–Trinajstić information content (AvgIpc) is 2.78. The van der Waals surface area contributed by atoms with Crippen molar-refractivity contribution >= 4 is 8.07 Å². The minimum Gasteiger partial charge on any atom is -0.489 e. The Balaban J connectivity index is 2.12. The van der Waals surface area contributed by atoms with Crippen LogP contribution in [0.4, 0.5) is 0 Å². The molecule has 172 valence electrons. The van der Waals surface area contributed by atoms with Gasteiger partial charge in [0.2, 0.25) is 0 Å². The Kier molecular flexibility index (Phi) is 7.94. The van der Waals surface area contributed by atoms with Crippen LogP contribution in [0.5, 0.6) is 5.75 Å². The summed E-state index contributed by atoms with van der Waals surface area (Å²) in [5.41, 5.74) is 6.69. The van der Waals surface area contributed by atoms with Gasteiger partial charge in [-0.05, 0) is 34.3 Å². The lowest BCUT2D eigenvalue weighted by Crippen LogP contribution is -2.43. The maximum absolute atomic E-state index is 13.2. The molecule has 0 aliphatic carbocycles. The summed E-state index contributed by atoms with van der Waals surface area (Å²) in [5.74, 6) is 4.51. The SMILES string of the molecule is CC(C)[Si](C#Cc1cc(OCc2ccccc2)cc(=O)n1-c1ccccn1)(C(C)C)C(C)C. The molecule has 0 aliphatic rings. The molecule has 0 radical (unpaired) electrons. The van der Waals surface area contributed by atoms with E-state index in [1.807, 2.05) is 54.6 Å². The zero-order valence-electron chi connectivity index (χ0n) is 20.5. The van der Waals surface area contributed by atoms with Gasteiger partial charge in [-0.15, -0.1) is 5.54 Å². The monoisotopic (exact) mass is 458 g/mol. The lowest BCUT2D eigenvalue weighted by Gasteiger charge is -2.38.